The van der Waals surface area contributed by atoms with Gasteiger partial charge in [0.05, 0.1) is 33.8 Å². The first kappa shape index (κ1) is 35.8. The van der Waals surface area contributed by atoms with Gasteiger partial charge >= 0.3 is 7.23 Å². The third-order valence-electron chi connectivity index (χ3n) is 9.78. The number of fused-ring (bicyclic) bond motifs is 3. The Morgan fingerprint density at radius 3 is 2.11 bits per heavy atom. The van der Waals surface area contributed by atoms with Crippen LogP contribution in [-0.2, 0) is 28.9 Å². The highest BCUT2D eigenvalue weighted by Crippen LogP contribution is 2.52. The Labute approximate surface area is 316 Å². The predicted octanol–water partition coefficient (Wildman–Crippen LogP) is 6.74. The van der Waals surface area contributed by atoms with Crippen LogP contribution in [0.15, 0.2) is 122 Å². The smallest absolute Gasteiger partial charge is 0.497 e. The third kappa shape index (κ3) is 6.40. The van der Waals surface area contributed by atoms with Crippen molar-refractivity contribution in [1.82, 2.24) is 19.5 Å². The number of hydrogen-bond donors (Lipinski definition) is 2. The maximum Gasteiger partial charge on any atom is 0.582 e. The van der Waals surface area contributed by atoms with Gasteiger partial charge in [0.15, 0.2) is 34.9 Å². The number of carbonyl (C=O) groups is 1. The van der Waals surface area contributed by atoms with Crippen molar-refractivity contribution in [1.29, 1.82) is 0 Å². The molecule has 15 heteroatoms. The molecular formula is C39H35N5O8PS+. The van der Waals surface area contributed by atoms with Crippen molar-refractivity contribution >= 4 is 42.4 Å². The molecule has 8 rings (SSSR count). The SMILES string of the molecule is COc1ccc(C(OC[C@]23COC(C2O[P+](=O)S)[C@H](n2cnc4c(NC(=O)c5ccccc5)ncnc42)O3)(c2ccccc2)c2ccc(OC)cc2)cc1. The molecule has 0 aliphatic carbocycles. The molecule has 1 N–H and O–H groups in total. The molecular weight excluding hydrogens is 729 g/mol. The molecule has 0 spiro atoms. The summed E-state index contributed by atoms with van der Waals surface area (Å²) >= 11 is 4.12. The van der Waals surface area contributed by atoms with Crippen LogP contribution in [0.25, 0.3) is 11.2 Å². The monoisotopic (exact) mass is 764 g/mol. The van der Waals surface area contributed by atoms with Crippen LogP contribution in [0.2, 0.25) is 0 Å². The van der Waals surface area contributed by atoms with Gasteiger partial charge < -0.3 is 29.0 Å². The number of imidazole rings is 1. The van der Waals surface area contributed by atoms with Crippen molar-refractivity contribution in [2.75, 3.05) is 32.8 Å². The second kappa shape index (κ2) is 14.9. The van der Waals surface area contributed by atoms with Gasteiger partial charge in [-0.25, -0.2) is 15.0 Å². The van der Waals surface area contributed by atoms with Gasteiger partial charge in [0.25, 0.3) is 5.91 Å². The molecule has 13 nitrogen and oxygen atoms in total. The number of aromatic nitrogens is 4. The lowest BCUT2D eigenvalue weighted by Crippen LogP contribution is -2.48. The maximum absolute atomic E-state index is 13.0. The van der Waals surface area contributed by atoms with Gasteiger partial charge in [-0.1, -0.05) is 72.8 Å². The first-order valence-corrected chi connectivity index (χ1v) is 19.3. The van der Waals surface area contributed by atoms with Crippen molar-refractivity contribution in [2.24, 2.45) is 0 Å². The van der Waals surface area contributed by atoms with Gasteiger partial charge in [-0.2, -0.15) is 0 Å². The van der Waals surface area contributed by atoms with Crippen molar-refractivity contribution < 1.29 is 37.6 Å². The number of rotatable bonds is 13. The van der Waals surface area contributed by atoms with E-state index in [0.717, 1.165) is 16.7 Å². The summed E-state index contributed by atoms with van der Waals surface area (Å²) in [5, 5.41) is 2.83. The van der Waals surface area contributed by atoms with Crippen LogP contribution < -0.4 is 14.8 Å². The van der Waals surface area contributed by atoms with Crippen LogP contribution in [0.1, 0.15) is 33.3 Å². The zero-order valence-electron chi connectivity index (χ0n) is 29.1. The fraction of sp³-hybridized carbons (Fsp3) is 0.231. The van der Waals surface area contributed by atoms with Gasteiger partial charge in [-0.05, 0) is 57.7 Å². The summed E-state index contributed by atoms with van der Waals surface area (Å²) in [5.74, 6) is 1.26. The van der Waals surface area contributed by atoms with Crippen LogP contribution in [0, 0.1) is 0 Å². The standard InChI is InChI=1S/C39H34N5O8PS/c1-47-29-17-13-27(14-18-29)39(26-11-7-4-8-12-26,28-15-19-30(48-2)20-16-28)50-22-38-21-49-32(33(38)52-53(46)54)37(51-38)44-24-42-31-34(40-23-41-35(31)44)43-36(45)25-9-5-3-6-10-25/h3-20,23-24,32-33,37H,21-22H2,1-2H3,(H-,40,41,43,45,46,54)/p+1/t32?,33?,37-,38-/m1/s1. The fourth-order valence-electron chi connectivity index (χ4n) is 7.18. The topological polar surface area (TPSA) is 145 Å². The zero-order valence-corrected chi connectivity index (χ0v) is 30.9. The molecule has 4 aromatic carbocycles. The number of carbonyl (C=O) groups excluding carboxylic acids is 1. The highest BCUT2D eigenvalue weighted by atomic mass is 32.7. The molecule has 6 aromatic rings. The van der Waals surface area contributed by atoms with Gasteiger partial charge in [-0.3, -0.25) is 9.36 Å². The highest BCUT2D eigenvalue weighted by molar-refractivity contribution is 8.39. The predicted molar refractivity (Wildman–Crippen MR) is 202 cm³/mol. The van der Waals surface area contributed by atoms with Crippen molar-refractivity contribution in [2.45, 2.75) is 29.6 Å². The number of ether oxygens (including phenoxy) is 5. The summed E-state index contributed by atoms with van der Waals surface area (Å²) in [6.45, 7) is 0.0143. The van der Waals surface area contributed by atoms with E-state index in [1.807, 2.05) is 84.9 Å². The summed E-state index contributed by atoms with van der Waals surface area (Å²) in [6.07, 6.45) is 0.441. The Bertz CT molecular complexity index is 2230. The Hall–Kier alpha value is -5.21. The second-order valence-corrected chi connectivity index (χ2v) is 14.4. The van der Waals surface area contributed by atoms with E-state index in [-0.39, 0.29) is 24.9 Å². The molecule has 2 aromatic heterocycles. The number of hydrogen-bond acceptors (Lipinski definition) is 11. The molecule has 2 aliphatic rings. The normalized spacial score (nSPS) is 20.9. The minimum Gasteiger partial charge on any atom is -0.497 e. The van der Waals surface area contributed by atoms with Crippen molar-refractivity contribution in [3.8, 4) is 11.5 Å². The average molecular weight is 765 g/mol. The second-order valence-electron chi connectivity index (χ2n) is 12.8. The number of nitrogens with one attached hydrogen (secondary N) is 1. The minimum absolute atomic E-state index is 0.0609. The molecule has 1 amide bonds. The molecule has 4 heterocycles. The fourth-order valence-corrected chi connectivity index (χ4v) is 7.99. The summed E-state index contributed by atoms with van der Waals surface area (Å²) in [5.41, 5.74) is 1.25. The Morgan fingerprint density at radius 1 is 0.889 bits per heavy atom. The Morgan fingerprint density at radius 2 is 1.50 bits per heavy atom. The number of thiol groups is 1. The quantitative estimate of drug-likeness (QED) is 0.0733. The van der Waals surface area contributed by atoms with E-state index in [0.29, 0.717) is 28.2 Å². The average Bonchev–Trinajstić information content (AvgIpc) is 3.89. The number of benzene rings is 4. The molecule has 274 valence electrons. The summed E-state index contributed by atoms with van der Waals surface area (Å²) in [4.78, 5) is 26.3. The lowest BCUT2D eigenvalue weighted by atomic mass is 9.79. The van der Waals surface area contributed by atoms with E-state index in [2.05, 4.69) is 32.5 Å². The Kier molecular flexibility index (Phi) is 9.88. The highest BCUT2D eigenvalue weighted by Gasteiger charge is 2.66. The van der Waals surface area contributed by atoms with Crippen molar-refractivity contribution in [3.63, 3.8) is 0 Å². The Balaban J connectivity index is 1.18. The van der Waals surface area contributed by atoms with Gasteiger partial charge in [-0.15, -0.1) is 4.52 Å². The molecule has 2 aliphatic heterocycles. The molecule has 2 fully saturated rings. The molecule has 0 saturated carbocycles. The van der Waals surface area contributed by atoms with Crippen LogP contribution in [0.5, 0.6) is 11.5 Å². The molecule has 3 unspecified atom stereocenters. The van der Waals surface area contributed by atoms with Gasteiger partial charge in [0, 0.05) is 5.56 Å². The molecule has 2 saturated heterocycles. The summed E-state index contributed by atoms with van der Waals surface area (Å²) in [7, 11) is 0.851. The van der Waals surface area contributed by atoms with Crippen LogP contribution >= 0.6 is 19.5 Å². The molecule has 5 atom stereocenters. The summed E-state index contributed by atoms with van der Waals surface area (Å²) < 4.78 is 51.8. The van der Waals surface area contributed by atoms with E-state index < -0.39 is 36.9 Å². The molecule has 0 radical (unpaired) electrons. The van der Waals surface area contributed by atoms with Crippen LogP contribution in [-0.4, -0.2) is 70.7 Å². The number of anilines is 1. The summed E-state index contributed by atoms with van der Waals surface area (Å²) in [6, 6.07) is 34.0. The van der Waals surface area contributed by atoms with E-state index >= 15 is 0 Å². The van der Waals surface area contributed by atoms with E-state index in [4.69, 9.17) is 28.2 Å². The number of amides is 1. The first-order chi connectivity index (χ1) is 26.3. The zero-order chi connectivity index (χ0) is 37.3. The van der Waals surface area contributed by atoms with Crippen LogP contribution in [0.4, 0.5) is 5.82 Å². The number of nitrogens with zero attached hydrogens (tertiary/aromatic N) is 4. The lowest BCUT2D eigenvalue weighted by Gasteiger charge is -2.39. The largest absolute Gasteiger partial charge is 0.582 e. The minimum atomic E-state index is -2.38. The first-order valence-electron chi connectivity index (χ1n) is 17.0. The van der Waals surface area contributed by atoms with E-state index in [1.165, 1.54) is 6.33 Å². The van der Waals surface area contributed by atoms with Crippen LogP contribution in [0.3, 0.4) is 0 Å². The lowest BCUT2D eigenvalue weighted by molar-refractivity contribution is -0.201. The van der Waals surface area contributed by atoms with E-state index in [9.17, 15) is 9.36 Å². The third-order valence-corrected chi connectivity index (χ3v) is 10.5. The van der Waals surface area contributed by atoms with E-state index in [1.54, 1.807) is 49.4 Å². The van der Waals surface area contributed by atoms with Gasteiger partial charge in [0.2, 0.25) is 0 Å². The molecule has 54 heavy (non-hydrogen) atoms. The number of methoxy groups -OCH3 is 2. The van der Waals surface area contributed by atoms with Crippen molar-refractivity contribution in [3.05, 3.63) is 144 Å². The maximum atomic E-state index is 13.0. The van der Waals surface area contributed by atoms with Gasteiger partial charge in [0.1, 0.15) is 41.8 Å². The molecule has 2 bridgehead atoms.